The summed E-state index contributed by atoms with van der Waals surface area (Å²) >= 11 is 3.40. The number of carbonyl (C=O) groups excluding carboxylic acids is 1. The van der Waals surface area contributed by atoms with Gasteiger partial charge < -0.3 is 15.0 Å². The summed E-state index contributed by atoms with van der Waals surface area (Å²) in [7, 11) is 0. The molecule has 0 atom stereocenters. The number of carbonyl (C=O) groups is 1. The number of aromatic nitrogens is 1. The van der Waals surface area contributed by atoms with Crippen LogP contribution in [0, 0.1) is 0 Å². The van der Waals surface area contributed by atoms with E-state index in [1.165, 1.54) is 0 Å². The second-order valence-corrected chi connectivity index (χ2v) is 5.57. The molecular formula is C14H13BrN2O2. The summed E-state index contributed by atoms with van der Waals surface area (Å²) in [5, 5.41) is 12.4. The third-order valence-corrected chi connectivity index (χ3v) is 3.57. The number of benzene rings is 1. The maximum Gasteiger partial charge on any atom is 0.272 e. The highest BCUT2D eigenvalue weighted by atomic mass is 79.9. The fourth-order valence-corrected chi connectivity index (χ4v) is 2.49. The molecule has 1 amide bonds. The van der Waals surface area contributed by atoms with Crippen molar-refractivity contribution >= 4 is 27.5 Å². The highest BCUT2D eigenvalue weighted by molar-refractivity contribution is 9.10. The van der Waals surface area contributed by atoms with Crippen molar-refractivity contribution < 1.29 is 9.90 Å². The normalized spacial score (nSPS) is 14.4. The van der Waals surface area contributed by atoms with Gasteiger partial charge in [-0.15, -0.1) is 0 Å². The van der Waals surface area contributed by atoms with Crippen molar-refractivity contribution in [3.8, 4) is 5.75 Å². The lowest BCUT2D eigenvalue weighted by atomic mass is 10.3. The summed E-state index contributed by atoms with van der Waals surface area (Å²) in [6.07, 6.45) is 4.15. The molecule has 0 aliphatic heterocycles. The first-order chi connectivity index (χ1) is 9.15. The third kappa shape index (κ3) is 2.51. The second-order valence-electron chi connectivity index (χ2n) is 4.65. The van der Waals surface area contributed by atoms with E-state index in [4.69, 9.17) is 0 Å². The lowest BCUT2D eigenvalue weighted by Crippen LogP contribution is -2.16. The molecule has 1 heterocycles. The van der Waals surface area contributed by atoms with Crippen molar-refractivity contribution in [2.75, 3.05) is 5.32 Å². The summed E-state index contributed by atoms with van der Waals surface area (Å²) < 4.78 is 2.88. The Morgan fingerprint density at radius 3 is 2.79 bits per heavy atom. The fourth-order valence-electron chi connectivity index (χ4n) is 2.05. The molecule has 19 heavy (non-hydrogen) atoms. The number of hydrogen-bond acceptors (Lipinski definition) is 2. The second kappa shape index (κ2) is 4.74. The van der Waals surface area contributed by atoms with E-state index in [2.05, 4.69) is 21.2 Å². The van der Waals surface area contributed by atoms with Crippen LogP contribution in [0.5, 0.6) is 5.75 Å². The predicted molar refractivity (Wildman–Crippen MR) is 76.5 cm³/mol. The van der Waals surface area contributed by atoms with E-state index in [9.17, 15) is 9.90 Å². The molecule has 2 aromatic rings. The number of phenols is 1. The van der Waals surface area contributed by atoms with E-state index in [1.807, 2.05) is 10.8 Å². The molecule has 0 spiro atoms. The van der Waals surface area contributed by atoms with Gasteiger partial charge in [-0.1, -0.05) is 12.1 Å². The van der Waals surface area contributed by atoms with Crippen LogP contribution < -0.4 is 5.32 Å². The number of aromatic hydroxyl groups is 1. The number of hydrogen-bond donors (Lipinski definition) is 2. The van der Waals surface area contributed by atoms with Crippen molar-refractivity contribution in [2.45, 2.75) is 18.9 Å². The Morgan fingerprint density at radius 2 is 2.11 bits per heavy atom. The molecule has 0 bridgehead atoms. The van der Waals surface area contributed by atoms with E-state index < -0.39 is 0 Å². The summed E-state index contributed by atoms with van der Waals surface area (Å²) in [5.41, 5.74) is 1.03. The van der Waals surface area contributed by atoms with Crippen molar-refractivity contribution in [3.05, 3.63) is 46.7 Å². The van der Waals surface area contributed by atoms with E-state index in [-0.39, 0.29) is 11.7 Å². The molecule has 98 valence electrons. The molecule has 0 unspecified atom stereocenters. The average Bonchev–Trinajstić information content (AvgIpc) is 3.15. The molecule has 1 aromatic carbocycles. The van der Waals surface area contributed by atoms with Crippen LogP contribution in [0.1, 0.15) is 29.4 Å². The molecule has 1 aliphatic rings. The molecular weight excluding hydrogens is 308 g/mol. The average molecular weight is 321 g/mol. The van der Waals surface area contributed by atoms with Gasteiger partial charge in [-0.2, -0.15) is 0 Å². The van der Waals surface area contributed by atoms with Crippen LogP contribution in [-0.2, 0) is 0 Å². The third-order valence-electron chi connectivity index (χ3n) is 3.14. The topological polar surface area (TPSA) is 54.3 Å². The van der Waals surface area contributed by atoms with Crippen molar-refractivity contribution in [3.63, 3.8) is 0 Å². The maximum absolute atomic E-state index is 12.3. The zero-order valence-corrected chi connectivity index (χ0v) is 11.7. The first-order valence-corrected chi connectivity index (χ1v) is 6.91. The van der Waals surface area contributed by atoms with Gasteiger partial charge in [0.25, 0.3) is 5.91 Å². The standard InChI is InChI=1S/C14H13BrN2O2/c15-9-7-12(17(8-9)10-5-6-10)14(19)16-11-3-1-2-4-13(11)18/h1-4,7-8,10,18H,5-6H2,(H,16,19). The Bertz CT molecular complexity index is 632. The minimum atomic E-state index is -0.209. The van der Waals surface area contributed by atoms with E-state index in [0.29, 0.717) is 17.4 Å². The van der Waals surface area contributed by atoms with Crippen LogP contribution >= 0.6 is 15.9 Å². The Balaban J connectivity index is 1.86. The molecule has 2 N–H and O–H groups in total. The van der Waals surface area contributed by atoms with Gasteiger partial charge in [0.15, 0.2) is 0 Å². The lowest BCUT2D eigenvalue weighted by molar-refractivity contribution is 0.101. The highest BCUT2D eigenvalue weighted by Crippen LogP contribution is 2.37. The summed E-state index contributed by atoms with van der Waals surface area (Å²) in [6.45, 7) is 0. The minimum Gasteiger partial charge on any atom is -0.506 e. The molecule has 1 aromatic heterocycles. The largest absolute Gasteiger partial charge is 0.506 e. The number of nitrogens with zero attached hydrogens (tertiary/aromatic N) is 1. The number of halogens is 1. The van der Waals surface area contributed by atoms with Gasteiger partial charge in [0.2, 0.25) is 0 Å². The number of rotatable bonds is 3. The zero-order valence-electron chi connectivity index (χ0n) is 10.1. The van der Waals surface area contributed by atoms with Crippen molar-refractivity contribution in [1.82, 2.24) is 4.57 Å². The number of para-hydroxylation sites is 2. The zero-order chi connectivity index (χ0) is 13.4. The van der Waals surface area contributed by atoms with Gasteiger partial charge in [-0.05, 0) is 47.0 Å². The van der Waals surface area contributed by atoms with E-state index in [0.717, 1.165) is 17.3 Å². The Kier molecular flexibility index (Phi) is 3.06. The van der Waals surface area contributed by atoms with Gasteiger partial charge in [0, 0.05) is 16.7 Å². The smallest absolute Gasteiger partial charge is 0.272 e. The number of phenolic OH excluding ortho intramolecular Hbond substituents is 1. The van der Waals surface area contributed by atoms with Gasteiger partial charge in [-0.25, -0.2) is 0 Å². The molecule has 1 saturated carbocycles. The molecule has 4 nitrogen and oxygen atoms in total. The highest BCUT2D eigenvalue weighted by Gasteiger charge is 2.27. The number of anilines is 1. The molecule has 0 saturated heterocycles. The summed E-state index contributed by atoms with van der Waals surface area (Å²) in [6, 6.07) is 8.93. The van der Waals surface area contributed by atoms with Crippen LogP contribution in [-0.4, -0.2) is 15.6 Å². The maximum atomic E-state index is 12.3. The molecule has 5 heteroatoms. The fraction of sp³-hybridized carbons (Fsp3) is 0.214. The molecule has 1 fully saturated rings. The molecule has 1 aliphatic carbocycles. The van der Waals surface area contributed by atoms with Crippen LogP contribution in [0.3, 0.4) is 0 Å². The van der Waals surface area contributed by atoms with Gasteiger partial charge in [0.05, 0.1) is 5.69 Å². The molecule has 3 rings (SSSR count). The van der Waals surface area contributed by atoms with Crippen molar-refractivity contribution in [2.24, 2.45) is 0 Å². The first kappa shape index (κ1) is 12.3. The summed E-state index contributed by atoms with van der Waals surface area (Å²) in [5.74, 6) is -0.140. The predicted octanol–water partition coefficient (Wildman–Crippen LogP) is 3.54. The molecule has 0 radical (unpaired) electrons. The van der Waals surface area contributed by atoms with Crippen LogP contribution in [0.15, 0.2) is 41.0 Å². The van der Waals surface area contributed by atoms with Crippen molar-refractivity contribution in [1.29, 1.82) is 0 Å². The lowest BCUT2D eigenvalue weighted by Gasteiger charge is -2.09. The van der Waals surface area contributed by atoms with Gasteiger partial charge in [0.1, 0.15) is 11.4 Å². The Hall–Kier alpha value is -1.75. The van der Waals surface area contributed by atoms with Gasteiger partial charge >= 0.3 is 0 Å². The number of amides is 1. The van der Waals surface area contributed by atoms with Gasteiger partial charge in [-0.3, -0.25) is 4.79 Å². The SMILES string of the molecule is O=C(Nc1ccccc1O)c1cc(Br)cn1C1CC1. The van der Waals surface area contributed by atoms with E-state index >= 15 is 0 Å². The first-order valence-electron chi connectivity index (χ1n) is 6.12. The Labute approximate surface area is 119 Å². The van der Waals surface area contributed by atoms with Crippen LogP contribution in [0.25, 0.3) is 0 Å². The van der Waals surface area contributed by atoms with Crippen LogP contribution in [0.2, 0.25) is 0 Å². The van der Waals surface area contributed by atoms with E-state index in [1.54, 1.807) is 30.3 Å². The Morgan fingerprint density at radius 1 is 1.37 bits per heavy atom. The minimum absolute atomic E-state index is 0.0689. The number of nitrogens with one attached hydrogen (secondary N) is 1. The summed E-state index contributed by atoms with van der Waals surface area (Å²) in [4.78, 5) is 12.3. The van der Waals surface area contributed by atoms with Crippen LogP contribution in [0.4, 0.5) is 5.69 Å². The quantitative estimate of drug-likeness (QED) is 0.850. The monoisotopic (exact) mass is 320 g/mol.